The molecule has 3 nitrogen and oxygen atoms in total. The van der Waals surface area contributed by atoms with E-state index in [2.05, 4.69) is 29.5 Å². The van der Waals surface area contributed by atoms with Gasteiger partial charge in [-0.1, -0.05) is 13.0 Å². The van der Waals surface area contributed by atoms with E-state index >= 15 is 0 Å². The summed E-state index contributed by atoms with van der Waals surface area (Å²) in [5.41, 5.74) is 2.52. The Morgan fingerprint density at radius 1 is 1.28 bits per heavy atom. The van der Waals surface area contributed by atoms with E-state index < -0.39 is 0 Å². The van der Waals surface area contributed by atoms with Gasteiger partial charge in [-0.2, -0.15) is 5.10 Å². The number of pyridine rings is 1. The Kier molecular flexibility index (Phi) is 3.33. The van der Waals surface area contributed by atoms with Crippen molar-refractivity contribution in [2.75, 3.05) is 0 Å². The van der Waals surface area contributed by atoms with E-state index in [0.717, 1.165) is 12.5 Å². The third-order valence-corrected chi connectivity index (χ3v) is 4.10. The molecule has 3 heteroatoms. The highest BCUT2D eigenvalue weighted by Gasteiger charge is 2.17. The molecule has 1 saturated carbocycles. The van der Waals surface area contributed by atoms with E-state index in [1.165, 1.54) is 36.8 Å². The van der Waals surface area contributed by atoms with Gasteiger partial charge in [-0.3, -0.25) is 0 Å². The Balaban J connectivity index is 1.63. The minimum absolute atomic E-state index is 0.694. The van der Waals surface area contributed by atoms with E-state index in [1.54, 1.807) is 0 Å². The van der Waals surface area contributed by atoms with Gasteiger partial charge in [0.15, 0.2) is 0 Å². The van der Waals surface area contributed by atoms with Gasteiger partial charge in [-0.05, 0) is 43.7 Å². The maximum absolute atomic E-state index is 4.37. The third kappa shape index (κ3) is 2.41. The van der Waals surface area contributed by atoms with E-state index in [0.29, 0.717) is 6.04 Å². The van der Waals surface area contributed by atoms with Crippen molar-refractivity contribution < 1.29 is 0 Å². The van der Waals surface area contributed by atoms with Crippen molar-refractivity contribution in [3.05, 3.63) is 36.2 Å². The van der Waals surface area contributed by atoms with Gasteiger partial charge in [0.05, 0.1) is 11.7 Å². The van der Waals surface area contributed by atoms with E-state index in [9.17, 15) is 0 Å². The third-order valence-electron chi connectivity index (χ3n) is 4.10. The minimum atomic E-state index is 0.694. The molecule has 0 amide bonds. The maximum atomic E-state index is 4.37. The standard InChI is InChI=1S/C15H21N3/c1-12-5-7-14(8-6-12)16-10-13-11-17-18-9-3-2-4-15(13)18/h2-4,9,11-12,14,16H,5-8,10H2,1H3. The van der Waals surface area contributed by atoms with Gasteiger partial charge in [-0.25, -0.2) is 4.52 Å². The molecule has 3 rings (SSSR count). The topological polar surface area (TPSA) is 29.3 Å². The fourth-order valence-corrected chi connectivity index (χ4v) is 2.84. The summed E-state index contributed by atoms with van der Waals surface area (Å²) in [7, 11) is 0. The Hall–Kier alpha value is -1.35. The summed E-state index contributed by atoms with van der Waals surface area (Å²) in [6.45, 7) is 3.30. The Morgan fingerprint density at radius 2 is 2.11 bits per heavy atom. The molecule has 2 heterocycles. The van der Waals surface area contributed by atoms with Crippen LogP contribution in [0.1, 0.15) is 38.2 Å². The maximum Gasteiger partial charge on any atom is 0.0706 e. The van der Waals surface area contributed by atoms with Crippen LogP contribution in [0.15, 0.2) is 30.6 Å². The van der Waals surface area contributed by atoms with Crippen molar-refractivity contribution in [1.82, 2.24) is 14.9 Å². The normalized spacial score (nSPS) is 24.5. The van der Waals surface area contributed by atoms with Crippen LogP contribution in [-0.2, 0) is 6.54 Å². The molecule has 0 aromatic carbocycles. The second-order valence-electron chi connectivity index (χ2n) is 5.54. The highest BCUT2D eigenvalue weighted by molar-refractivity contribution is 5.53. The van der Waals surface area contributed by atoms with E-state index in [1.807, 2.05) is 23.0 Å². The zero-order valence-corrected chi connectivity index (χ0v) is 11.0. The first-order chi connectivity index (χ1) is 8.83. The molecule has 0 bridgehead atoms. The van der Waals surface area contributed by atoms with Crippen LogP contribution in [-0.4, -0.2) is 15.7 Å². The number of hydrogen-bond donors (Lipinski definition) is 1. The SMILES string of the molecule is CC1CCC(NCc2cnn3ccccc23)CC1. The van der Waals surface area contributed by atoms with Gasteiger partial charge in [-0.15, -0.1) is 0 Å². The first-order valence-corrected chi connectivity index (χ1v) is 6.97. The van der Waals surface area contributed by atoms with Crippen molar-refractivity contribution in [3.8, 4) is 0 Å². The summed E-state index contributed by atoms with van der Waals surface area (Å²) in [5, 5.41) is 8.05. The number of rotatable bonds is 3. The van der Waals surface area contributed by atoms with Gasteiger partial charge >= 0.3 is 0 Å². The zero-order valence-electron chi connectivity index (χ0n) is 11.0. The van der Waals surface area contributed by atoms with Crippen LogP contribution in [0.5, 0.6) is 0 Å². The van der Waals surface area contributed by atoms with Crippen molar-refractivity contribution >= 4 is 5.52 Å². The van der Waals surface area contributed by atoms with Crippen LogP contribution >= 0.6 is 0 Å². The van der Waals surface area contributed by atoms with Crippen LogP contribution in [0.25, 0.3) is 5.52 Å². The van der Waals surface area contributed by atoms with Gasteiger partial charge in [0.1, 0.15) is 0 Å². The average molecular weight is 243 g/mol. The summed E-state index contributed by atoms with van der Waals surface area (Å²) < 4.78 is 1.94. The largest absolute Gasteiger partial charge is 0.310 e. The molecule has 0 unspecified atom stereocenters. The lowest BCUT2D eigenvalue weighted by Crippen LogP contribution is -2.32. The predicted molar refractivity (Wildman–Crippen MR) is 73.5 cm³/mol. The molecular formula is C15H21N3. The average Bonchev–Trinajstić information content (AvgIpc) is 2.82. The quantitative estimate of drug-likeness (QED) is 0.898. The fraction of sp³-hybridized carbons (Fsp3) is 0.533. The molecule has 1 aliphatic rings. The number of nitrogens with one attached hydrogen (secondary N) is 1. The van der Waals surface area contributed by atoms with Gasteiger partial charge in [0.2, 0.25) is 0 Å². The molecule has 0 radical (unpaired) electrons. The highest BCUT2D eigenvalue weighted by Crippen LogP contribution is 2.23. The smallest absolute Gasteiger partial charge is 0.0706 e. The molecule has 1 aliphatic carbocycles. The Morgan fingerprint density at radius 3 is 2.94 bits per heavy atom. The van der Waals surface area contributed by atoms with Gasteiger partial charge in [0.25, 0.3) is 0 Å². The number of fused-ring (bicyclic) bond motifs is 1. The van der Waals surface area contributed by atoms with Crippen LogP contribution in [0, 0.1) is 5.92 Å². The highest BCUT2D eigenvalue weighted by atomic mass is 15.2. The molecule has 1 N–H and O–H groups in total. The summed E-state index contributed by atoms with van der Waals surface area (Å²) >= 11 is 0. The van der Waals surface area contributed by atoms with Gasteiger partial charge in [0, 0.05) is 24.3 Å². The second-order valence-corrected chi connectivity index (χ2v) is 5.54. The summed E-state index contributed by atoms with van der Waals surface area (Å²) in [4.78, 5) is 0. The molecule has 0 saturated heterocycles. The van der Waals surface area contributed by atoms with Crippen molar-refractivity contribution in [2.45, 2.75) is 45.2 Å². The lowest BCUT2D eigenvalue weighted by molar-refractivity contribution is 0.307. The lowest BCUT2D eigenvalue weighted by atomic mass is 9.87. The van der Waals surface area contributed by atoms with Crippen molar-refractivity contribution in [2.24, 2.45) is 5.92 Å². The molecule has 0 aliphatic heterocycles. The summed E-state index contributed by atoms with van der Waals surface area (Å²) in [5.74, 6) is 0.917. The second kappa shape index (κ2) is 5.11. The van der Waals surface area contributed by atoms with Crippen LogP contribution < -0.4 is 5.32 Å². The fourth-order valence-electron chi connectivity index (χ4n) is 2.84. The van der Waals surface area contributed by atoms with Crippen molar-refractivity contribution in [3.63, 3.8) is 0 Å². The van der Waals surface area contributed by atoms with E-state index in [-0.39, 0.29) is 0 Å². The van der Waals surface area contributed by atoms with Crippen molar-refractivity contribution in [1.29, 1.82) is 0 Å². The molecule has 0 spiro atoms. The number of aromatic nitrogens is 2. The van der Waals surface area contributed by atoms with Gasteiger partial charge < -0.3 is 5.32 Å². The number of nitrogens with zero attached hydrogens (tertiary/aromatic N) is 2. The molecule has 2 aromatic rings. The van der Waals surface area contributed by atoms with Crippen LogP contribution in [0.2, 0.25) is 0 Å². The number of hydrogen-bond acceptors (Lipinski definition) is 2. The first kappa shape index (κ1) is 11.7. The Labute approximate surface area is 108 Å². The van der Waals surface area contributed by atoms with Crippen LogP contribution in [0.3, 0.4) is 0 Å². The molecule has 96 valence electrons. The Bertz CT molecular complexity index is 509. The van der Waals surface area contributed by atoms with E-state index in [4.69, 9.17) is 0 Å². The predicted octanol–water partition coefficient (Wildman–Crippen LogP) is 3.00. The molecule has 0 atom stereocenters. The summed E-state index contributed by atoms with van der Waals surface area (Å²) in [6.07, 6.45) is 9.36. The first-order valence-electron chi connectivity index (χ1n) is 6.97. The molecule has 1 fully saturated rings. The molecular weight excluding hydrogens is 222 g/mol. The molecule has 18 heavy (non-hydrogen) atoms. The van der Waals surface area contributed by atoms with Crippen LogP contribution in [0.4, 0.5) is 0 Å². The summed E-state index contributed by atoms with van der Waals surface area (Å²) in [6, 6.07) is 6.91. The zero-order chi connectivity index (χ0) is 12.4. The minimum Gasteiger partial charge on any atom is -0.310 e. The molecule has 2 aromatic heterocycles. The lowest BCUT2D eigenvalue weighted by Gasteiger charge is -2.26. The monoisotopic (exact) mass is 243 g/mol.